The summed E-state index contributed by atoms with van der Waals surface area (Å²) in [5.41, 5.74) is 0. The Morgan fingerprint density at radius 3 is 2.71 bits per heavy atom. The van der Waals surface area contributed by atoms with Crippen LogP contribution in [0, 0.1) is 5.92 Å². The minimum atomic E-state index is -0.817. The SMILES string of the molecule is CCC(CC(=O)O)n1nnnc1CCC(C)C. The van der Waals surface area contributed by atoms with E-state index in [-0.39, 0.29) is 12.5 Å². The molecule has 1 aromatic heterocycles. The Morgan fingerprint density at radius 2 is 2.18 bits per heavy atom. The third-order valence-corrected chi connectivity index (χ3v) is 2.73. The van der Waals surface area contributed by atoms with Gasteiger partial charge in [0.15, 0.2) is 5.82 Å². The number of rotatable bonds is 7. The molecule has 17 heavy (non-hydrogen) atoms. The maximum atomic E-state index is 10.8. The number of carbonyl (C=O) groups is 1. The number of carboxylic acid groups (broad SMARTS) is 1. The van der Waals surface area contributed by atoms with Crippen LogP contribution >= 0.6 is 0 Å². The number of hydrogen-bond acceptors (Lipinski definition) is 4. The van der Waals surface area contributed by atoms with Gasteiger partial charge in [0.05, 0.1) is 12.5 Å². The van der Waals surface area contributed by atoms with E-state index in [9.17, 15) is 4.79 Å². The molecule has 0 spiro atoms. The van der Waals surface area contributed by atoms with Crippen molar-refractivity contribution in [2.75, 3.05) is 0 Å². The lowest BCUT2D eigenvalue weighted by Crippen LogP contribution is -2.17. The van der Waals surface area contributed by atoms with Crippen molar-refractivity contribution in [3.05, 3.63) is 5.82 Å². The van der Waals surface area contributed by atoms with Gasteiger partial charge in [-0.2, -0.15) is 0 Å². The summed E-state index contributed by atoms with van der Waals surface area (Å²) >= 11 is 0. The number of aromatic nitrogens is 4. The molecule has 0 aliphatic carbocycles. The maximum Gasteiger partial charge on any atom is 0.305 e. The van der Waals surface area contributed by atoms with Gasteiger partial charge in [-0.15, -0.1) is 5.10 Å². The quantitative estimate of drug-likeness (QED) is 0.784. The van der Waals surface area contributed by atoms with Crippen LogP contribution < -0.4 is 0 Å². The van der Waals surface area contributed by atoms with E-state index in [2.05, 4.69) is 29.4 Å². The first-order valence-electron chi connectivity index (χ1n) is 6.03. The Morgan fingerprint density at radius 1 is 1.47 bits per heavy atom. The number of carboxylic acids is 1. The standard InChI is InChI=1S/C11H20N4O2/c1-4-9(7-11(16)17)15-10(12-13-14-15)6-5-8(2)3/h8-9H,4-7H2,1-3H3,(H,16,17). The first-order chi connectivity index (χ1) is 8.04. The molecule has 6 nitrogen and oxygen atoms in total. The Balaban J connectivity index is 2.74. The fourth-order valence-corrected chi connectivity index (χ4v) is 1.68. The molecule has 0 radical (unpaired) electrons. The van der Waals surface area contributed by atoms with Gasteiger partial charge in [-0.3, -0.25) is 4.79 Å². The van der Waals surface area contributed by atoms with E-state index in [0.29, 0.717) is 12.3 Å². The van der Waals surface area contributed by atoms with E-state index in [0.717, 1.165) is 18.7 Å². The molecule has 0 aliphatic heterocycles. The van der Waals surface area contributed by atoms with Crippen molar-refractivity contribution in [3.63, 3.8) is 0 Å². The van der Waals surface area contributed by atoms with Gasteiger partial charge in [-0.25, -0.2) is 4.68 Å². The Hall–Kier alpha value is -1.46. The molecule has 1 heterocycles. The van der Waals surface area contributed by atoms with E-state index in [1.807, 2.05) is 6.92 Å². The van der Waals surface area contributed by atoms with Crippen LogP contribution in [0.4, 0.5) is 0 Å². The lowest BCUT2D eigenvalue weighted by Gasteiger charge is -2.14. The number of nitrogens with zero attached hydrogens (tertiary/aromatic N) is 4. The monoisotopic (exact) mass is 240 g/mol. The summed E-state index contributed by atoms with van der Waals surface area (Å²) in [6.07, 6.45) is 2.58. The predicted molar refractivity (Wildman–Crippen MR) is 62.6 cm³/mol. The molecule has 0 amide bonds. The fourth-order valence-electron chi connectivity index (χ4n) is 1.68. The van der Waals surface area contributed by atoms with Crippen LogP contribution in [0.15, 0.2) is 0 Å². The minimum Gasteiger partial charge on any atom is -0.481 e. The topological polar surface area (TPSA) is 80.9 Å². The van der Waals surface area contributed by atoms with Crippen molar-refractivity contribution in [1.82, 2.24) is 20.2 Å². The van der Waals surface area contributed by atoms with Crippen molar-refractivity contribution in [2.24, 2.45) is 5.92 Å². The number of tetrazole rings is 1. The summed E-state index contributed by atoms with van der Waals surface area (Å²) < 4.78 is 1.66. The molecule has 0 bridgehead atoms. The van der Waals surface area contributed by atoms with E-state index in [1.165, 1.54) is 0 Å². The van der Waals surface area contributed by atoms with Gasteiger partial charge < -0.3 is 5.11 Å². The molecule has 0 saturated heterocycles. The Labute approximate surface area is 101 Å². The largest absolute Gasteiger partial charge is 0.481 e. The molecule has 0 fully saturated rings. The van der Waals surface area contributed by atoms with Crippen molar-refractivity contribution < 1.29 is 9.90 Å². The van der Waals surface area contributed by atoms with Gasteiger partial charge >= 0.3 is 5.97 Å². The van der Waals surface area contributed by atoms with Crippen molar-refractivity contribution in [2.45, 2.75) is 52.5 Å². The fraction of sp³-hybridized carbons (Fsp3) is 0.818. The molecular weight excluding hydrogens is 220 g/mol. The van der Waals surface area contributed by atoms with Gasteiger partial charge in [0, 0.05) is 6.42 Å². The van der Waals surface area contributed by atoms with Gasteiger partial charge in [-0.05, 0) is 29.2 Å². The van der Waals surface area contributed by atoms with Gasteiger partial charge in [-0.1, -0.05) is 20.8 Å². The smallest absolute Gasteiger partial charge is 0.305 e. The lowest BCUT2D eigenvalue weighted by molar-refractivity contribution is -0.138. The van der Waals surface area contributed by atoms with Gasteiger partial charge in [0.2, 0.25) is 0 Å². The average Bonchev–Trinajstić information content (AvgIpc) is 2.70. The number of aliphatic carboxylic acids is 1. The van der Waals surface area contributed by atoms with Crippen LogP contribution in [0.5, 0.6) is 0 Å². The van der Waals surface area contributed by atoms with Crippen LogP contribution in [-0.2, 0) is 11.2 Å². The lowest BCUT2D eigenvalue weighted by atomic mass is 10.1. The zero-order chi connectivity index (χ0) is 12.8. The highest BCUT2D eigenvalue weighted by Crippen LogP contribution is 2.17. The van der Waals surface area contributed by atoms with Gasteiger partial charge in [0.25, 0.3) is 0 Å². The molecular formula is C11H20N4O2. The van der Waals surface area contributed by atoms with Crippen LogP contribution in [0.25, 0.3) is 0 Å². The average molecular weight is 240 g/mol. The molecule has 1 unspecified atom stereocenters. The van der Waals surface area contributed by atoms with E-state index in [1.54, 1.807) is 4.68 Å². The summed E-state index contributed by atoms with van der Waals surface area (Å²) in [7, 11) is 0. The first kappa shape index (κ1) is 13.6. The Kier molecular flexibility index (Phi) is 5.06. The van der Waals surface area contributed by atoms with Gasteiger partial charge in [0.1, 0.15) is 0 Å². The van der Waals surface area contributed by atoms with Crippen LogP contribution in [0.3, 0.4) is 0 Å². The first-order valence-corrected chi connectivity index (χ1v) is 6.03. The molecule has 1 rings (SSSR count). The molecule has 0 aromatic carbocycles. The highest BCUT2D eigenvalue weighted by atomic mass is 16.4. The second kappa shape index (κ2) is 6.32. The molecule has 6 heteroatoms. The Bertz CT molecular complexity index is 362. The highest BCUT2D eigenvalue weighted by molar-refractivity contribution is 5.67. The highest BCUT2D eigenvalue weighted by Gasteiger charge is 2.18. The van der Waals surface area contributed by atoms with Crippen LogP contribution in [-0.4, -0.2) is 31.3 Å². The summed E-state index contributed by atoms with van der Waals surface area (Å²) in [6.45, 7) is 6.23. The third-order valence-electron chi connectivity index (χ3n) is 2.73. The summed E-state index contributed by atoms with van der Waals surface area (Å²) in [4.78, 5) is 10.8. The van der Waals surface area contributed by atoms with Crippen molar-refractivity contribution in [1.29, 1.82) is 0 Å². The van der Waals surface area contributed by atoms with Crippen molar-refractivity contribution >= 4 is 5.97 Å². The minimum absolute atomic E-state index is 0.0657. The second-order valence-corrected chi connectivity index (χ2v) is 4.63. The summed E-state index contributed by atoms with van der Waals surface area (Å²) in [5, 5.41) is 20.4. The predicted octanol–water partition coefficient (Wildman–Crippen LogP) is 1.69. The summed E-state index contributed by atoms with van der Waals surface area (Å²) in [5.74, 6) is 0.550. The van der Waals surface area contributed by atoms with Crippen LogP contribution in [0.1, 0.15) is 51.9 Å². The normalized spacial score (nSPS) is 12.9. The molecule has 1 aromatic rings. The zero-order valence-electron chi connectivity index (χ0n) is 10.6. The molecule has 96 valence electrons. The zero-order valence-corrected chi connectivity index (χ0v) is 10.6. The van der Waals surface area contributed by atoms with E-state index in [4.69, 9.17) is 5.11 Å². The molecule has 0 saturated carbocycles. The van der Waals surface area contributed by atoms with Crippen molar-refractivity contribution in [3.8, 4) is 0 Å². The van der Waals surface area contributed by atoms with E-state index >= 15 is 0 Å². The molecule has 0 aliphatic rings. The van der Waals surface area contributed by atoms with E-state index < -0.39 is 5.97 Å². The van der Waals surface area contributed by atoms with Crippen LogP contribution in [0.2, 0.25) is 0 Å². The summed E-state index contributed by atoms with van der Waals surface area (Å²) in [6, 6.07) is -0.148. The number of aryl methyl sites for hydroxylation is 1. The molecule has 1 atom stereocenters. The third kappa shape index (κ3) is 4.13. The number of hydrogen-bond donors (Lipinski definition) is 1. The molecule has 1 N–H and O–H groups in total. The second-order valence-electron chi connectivity index (χ2n) is 4.63. The maximum absolute atomic E-state index is 10.8.